The van der Waals surface area contributed by atoms with Gasteiger partial charge in [0.1, 0.15) is 12.0 Å². The zero-order valence-corrected chi connectivity index (χ0v) is 8.45. The number of hydrogen-bond acceptors (Lipinski definition) is 3. The van der Waals surface area contributed by atoms with Crippen molar-refractivity contribution in [1.29, 1.82) is 0 Å². The molecule has 0 aromatic heterocycles. The lowest BCUT2D eigenvalue weighted by Gasteiger charge is -2.04. The summed E-state index contributed by atoms with van der Waals surface area (Å²) in [7, 11) is 0. The zero-order chi connectivity index (χ0) is 10.6. The number of rotatable bonds is 2. The molecule has 0 unspecified atom stereocenters. The number of nitrogens with one attached hydrogen (secondary N) is 1. The van der Waals surface area contributed by atoms with Gasteiger partial charge in [0, 0.05) is 0 Å². The number of carbonyl (C=O) groups excluding carboxylic acids is 1. The molecule has 74 valence electrons. The van der Waals surface area contributed by atoms with Gasteiger partial charge in [-0.15, -0.1) is 0 Å². The lowest BCUT2D eigenvalue weighted by Crippen LogP contribution is -2.13. The number of nitrogens with zero attached hydrogens (tertiary/aromatic N) is 1. The van der Waals surface area contributed by atoms with Crippen LogP contribution in [0.3, 0.4) is 0 Å². The molecule has 0 aliphatic rings. The van der Waals surface area contributed by atoms with E-state index in [4.69, 9.17) is 5.21 Å². The maximum absolute atomic E-state index is 12.9. The number of oxime groups is 1. The molecule has 6 heteroatoms. The largest absolute Gasteiger partial charge is 0.411 e. The van der Waals surface area contributed by atoms with Gasteiger partial charge in [0.15, 0.2) is 0 Å². The van der Waals surface area contributed by atoms with Gasteiger partial charge in [-0.25, -0.2) is 4.39 Å². The normalized spacial score (nSPS) is 10.4. The average Bonchev–Trinajstić information content (AvgIpc) is 2.13. The summed E-state index contributed by atoms with van der Waals surface area (Å²) >= 11 is 2.96. The molecule has 1 aromatic carbocycles. The van der Waals surface area contributed by atoms with Crippen LogP contribution in [0.4, 0.5) is 10.1 Å². The minimum atomic E-state index is -0.640. The van der Waals surface area contributed by atoms with Crippen molar-refractivity contribution in [1.82, 2.24) is 0 Å². The quantitative estimate of drug-likeness (QED) is 0.485. The van der Waals surface area contributed by atoms with Crippen LogP contribution in [-0.2, 0) is 4.79 Å². The Morgan fingerprint density at radius 1 is 1.64 bits per heavy atom. The van der Waals surface area contributed by atoms with E-state index < -0.39 is 11.7 Å². The Morgan fingerprint density at radius 2 is 2.36 bits per heavy atom. The number of anilines is 1. The van der Waals surface area contributed by atoms with Gasteiger partial charge < -0.3 is 10.5 Å². The molecule has 0 aliphatic heterocycles. The Labute approximate surface area is 87.5 Å². The lowest BCUT2D eigenvalue weighted by molar-refractivity contribution is -0.110. The summed E-state index contributed by atoms with van der Waals surface area (Å²) in [5.41, 5.74) is 0.273. The Bertz CT molecular complexity index is 382. The molecule has 14 heavy (non-hydrogen) atoms. The second-order valence-electron chi connectivity index (χ2n) is 2.34. The van der Waals surface area contributed by atoms with Crippen LogP contribution in [0.5, 0.6) is 0 Å². The second-order valence-corrected chi connectivity index (χ2v) is 3.13. The SMILES string of the molecule is O=C(C=NO)Nc1cccc(F)c1Br. The van der Waals surface area contributed by atoms with Crippen LogP contribution in [0.15, 0.2) is 27.8 Å². The minimum Gasteiger partial charge on any atom is -0.411 e. The standard InChI is InChI=1S/C8H6BrFN2O2/c9-8-5(10)2-1-3-6(8)12-7(13)4-11-14/h1-4,14H,(H,12,13). The summed E-state index contributed by atoms with van der Waals surface area (Å²) in [5, 5.41) is 12.9. The van der Waals surface area contributed by atoms with Crippen LogP contribution in [0, 0.1) is 5.82 Å². The highest BCUT2D eigenvalue weighted by Crippen LogP contribution is 2.24. The smallest absolute Gasteiger partial charge is 0.270 e. The van der Waals surface area contributed by atoms with Crippen LogP contribution in [0.1, 0.15) is 0 Å². The zero-order valence-electron chi connectivity index (χ0n) is 6.87. The molecule has 0 spiro atoms. The van der Waals surface area contributed by atoms with Crippen LogP contribution < -0.4 is 5.32 Å². The molecule has 0 saturated carbocycles. The monoisotopic (exact) mass is 260 g/mol. The first-order valence-corrected chi connectivity index (χ1v) is 4.37. The molecular weight excluding hydrogens is 255 g/mol. The maximum Gasteiger partial charge on any atom is 0.270 e. The van der Waals surface area contributed by atoms with E-state index in [1.807, 2.05) is 0 Å². The van der Waals surface area contributed by atoms with Crippen molar-refractivity contribution in [2.45, 2.75) is 0 Å². The molecule has 1 aromatic rings. The predicted molar refractivity (Wildman–Crippen MR) is 53.0 cm³/mol. The maximum atomic E-state index is 12.9. The highest BCUT2D eigenvalue weighted by molar-refractivity contribution is 9.10. The molecule has 1 amide bonds. The van der Waals surface area contributed by atoms with E-state index in [2.05, 4.69) is 26.4 Å². The van der Waals surface area contributed by atoms with Crippen molar-refractivity contribution in [3.05, 3.63) is 28.5 Å². The van der Waals surface area contributed by atoms with Crippen molar-refractivity contribution >= 4 is 33.7 Å². The van der Waals surface area contributed by atoms with Gasteiger partial charge in [-0.05, 0) is 28.1 Å². The van der Waals surface area contributed by atoms with Crippen LogP contribution in [0.25, 0.3) is 0 Å². The van der Waals surface area contributed by atoms with E-state index in [0.29, 0.717) is 6.21 Å². The third-order valence-corrected chi connectivity index (χ3v) is 2.19. The highest BCUT2D eigenvalue weighted by Gasteiger charge is 2.06. The summed E-state index contributed by atoms with van der Waals surface area (Å²) in [4.78, 5) is 10.9. The Hall–Kier alpha value is -1.43. The Kier molecular flexibility index (Phi) is 3.58. The molecular formula is C8H6BrFN2O2. The lowest BCUT2D eigenvalue weighted by atomic mass is 10.3. The molecule has 0 radical (unpaired) electrons. The van der Waals surface area contributed by atoms with E-state index in [1.54, 1.807) is 0 Å². The van der Waals surface area contributed by atoms with E-state index in [-0.39, 0.29) is 10.2 Å². The fourth-order valence-corrected chi connectivity index (χ4v) is 1.18. The first-order valence-electron chi connectivity index (χ1n) is 3.57. The molecule has 0 saturated heterocycles. The van der Waals surface area contributed by atoms with Gasteiger partial charge in [-0.1, -0.05) is 11.2 Å². The van der Waals surface area contributed by atoms with Gasteiger partial charge in [0.25, 0.3) is 5.91 Å². The summed E-state index contributed by atoms with van der Waals surface area (Å²) in [5.74, 6) is -1.12. The van der Waals surface area contributed by atoms with Crippen molar-refractivity contribution in [2.75, 3.05) is 5.32 Å². The molecule has 2 N–H and O–H groups in total. The average molecular weight is 261 g/mol. The van der Waals surface area contributed by atoms with Gasteiger partial charge in [-0.3, -0.25) is 4.79 Å². The van der Waals surface area contributed by atoms with Crippen molar-refractivity contribution < 1.29 is 14.4 Å². The first-order chi connectivity index (χ1) is 6.65. The minimum absolute atomic E-state index is 0.152. The van der Waals surface area contributed by atoms with Crippen LogP contribution in [-0.4, -0.2) is 17.3 Å². The Morgan fingerprint density at radius 3 is 3.00 bits per heavy atom. The van der Waals surface area contributed by atoms with E-state index in [0.717, 1.165) is 0 Å². The third-order valence-electron chi connectivity index (χ3n) is 1.38. The number of amides is 1. The molecule has 0 fully saturated rings. The number of carbonyl (C=O) groups is 1. The Balaban J connectivity index is 2.87. The second kappa shape index (κ2) is 4.71. The first kappa shape index (κ1) is 10.6. The van der Waals surface area contributed by atoms with Gasteiger partial charge in [0.05, 0.1) is 10.2 Å². The van der Waals surface area contributed by atoms with Crippen LogP contribution >= 0.6 is 15.9 Å². The molecule has 0 aliphatic carbocycles. The summed E-state index contributed by atoms with van der Waals surface area (Å²) in [6, 6.07) is 4.21. The van der Waals surface area contributed by atoms with E-state index in [1.165, 1.54) is 18.2 Å². The fraction of sp³-hybridized carbons (Fsp3) is 0. The number of benzene rings is 1. The van der Waals surface area contributed by atoms with Crippen LogP contribution in [0.2, 0.25) is 0 Å². The number of halogens is 2. The third kappa shape index (κ3) is 2.53. The summed E-state index contributed by atoms with van der Waals surface area (Å²) in [6.07, 6.45) is 0.678. The highest BCUT2D eigenvalue weighted by atomic mass is 79.9. The summed E-state index contributed by atoms with van der Waals surface area (Å²) in [6.45, 7) is 0. The van der Waals surface area contributed by atoms with E-state index in [9.17, 15) is 9.18 Å². The summed E-state index contributed by atoms with van der Waals surface area (Å²) < 4.78 is 13.1. The van der Waals surface area contributed by atoms with Crippen molar-refractivity contribution in [3.8, 4) is 0 Å². The van der Waals surface area contributed by atoms with Crippen molar-refractivity contribution in [2.24, 2.45) is 5.16 Å². The molecule has 4 nitrogen and oxygen atoms in total. The topological polar surface area (TPSA) is 61.7 Å². The fourth-order valence-electron chi connectivity index (χ4n) is 0.818. The molecule has 0 heterocycles. The van der Waals surface area contributed by atoms with Gasteiger partial charge in [-0.2, -0.15) is 0 Å². The van der Waals surface area contributed by atoms with Crippen molar-refractivity contribution in [3.63, 3.8) is 0 Å². The van der Waals surface area contributed by atoms with Gasteiger partial charge >= 0.3 is 0 Å². The predicted octanol–water partition coefficient (Wildman–Crippen LogP) is 1.99. The van der Waals surface area contributed by atoms with Gasteiger partial charge in [0.2, 0.25) is 0 Å². The molecule has 0 atom stereocenters. The number of hydrogen-bond donors (Lipinski definition) is 2. The molecule has 1 rings (SSSR count). The van der Waals surface area contributed by atoms with E-state index >= 15 is 0 Å². The molecule has 0 bridgehead atoms.